The molecule has 0 N–H and O–H groups in total. The van der Waals surface area contributed by atoms with Crippen LogP contribution in [0, 0.1) is 11.6 Å². The van der Waals surface area contributed by atoms with Crippen molar-refractivity contribution in [3.8, 4) is 0 Å². The van der Waals surface area contributed by atoms with Crippen LogP contribution in [0.2, 0.25) is 0 Å². The van der Waals surface area contributed by atoms with Crippen LogP contribution in [-0.4, -0.2) is 48.2 Å². The summed E-state index contributed by atoms with van der Waals surface area (Å²) in [5.41, 5.74) is 3.19. The molecule has 0 spiro atoms. The number of carbonyl (C=O) groups is 1. The summed E-state index contributed by atoms with van der Waals surface area (Å²) in [6, 6.07) is 12.3. The van der Waals surface area contributed by atoms with E-state index in [1.165, 1.54) is 42.5 Å². The van der Waals surface area contributed by atoms with Crippen molar-refractivity contribution >= 4 is 11.7 Å². The lowest BCUT2D eigenvalue weighted by atomic mass is 9.81. The Kier molecular flexibility index (Phi) is 8.50. The number of nitrogens with zero attached hydrogens (tertiary/aromatic N) is 3. The van der Waals surface area contributed by atoms with Crippen LogP contribution in [0.4, 0.5) is 13.2 Å². The maximum absolute atomic E-state index is 14.0. The highest BCUT2D eigenvalue weighted by atomic mass is 19.1. The van der Waals surface area contributed by atoms with Crippen molar-refractivity contribution in [1.29, 1.82) is 0 Å². The molecule has 0 saturated heterocycles. The van der Waals surface area contributed by atoms with E-state index in [-0.39, 0.29) is 11.7 Å². The summed E-state index contributed by atoms with van der Waals surface area (Å²) in [5, 5.41) is 0. The molecule has 2 aliphatic rings. The highest BCUT2D eigenvalue weighted by Crippen LogP contribution is 2.41. The molecule has 2 unspecified atom stereocenters. The van der Waals surface area contributed by atoms with E-state index >= 15 is 0 Å². The largest absolute Gasteiger partial charge is 0.306 e. The summed E-state index contributed by atoms with van der Waals surface area (Å²) in [4.78, 5) is 22.6. The fourth-order valence-corrected chi connectivity index (χ4v) is 4.89. The van der Waals surface area contributed by atoms with Gasteiger partial charge in [0.1, 0.15) is 17.5 Å². The molecule has 2 aromatic rings. The summed E-state index contributed by atoms with van der Waals surface area (Å²) >= 11 is 0. The fourth-order valence-electron chi connectivity index (χ4n) is 4.89. The minimum absolute atomic E-state index is 0.233. The molecule has 2 atom stereocenters. The van der Waals surface area contributed by atoms with E-state index in [4.69, 9.17) is 4.99 Å². The molecular weight excluding hydrogens is 487 g/mol. The molecular formula is C31H32F3N3O. The summed E-state index contributed by atoms with van der Waals surface area (Å²) in [6.07, 6.45) is 7.49. The maximum atomic E-state index is 14.0. The van der Waals surface area contributed by atoms with Crippen molar-refractivity contribution in [3.05, 3.63) is 113 Å². The molecule has 4 nitrogen and oxygen atoms in total. The molecule has 0 bridgehead atoms. The van der Waals surface area contributed by atoms with Gasteiger partial charge in [0.15, 0.2) is 11.4 Å². The predicted molar refractivity (Wildman–Crippen MR) is 144 cm³/mol. The lowest BCUT2D eigenvalue weighted by Crippen LogP contribution is -2.42. The summed E-state index contributed by atoms with van der Waals surface area (Å²) < 4.78 is 40.8. The Morgan fingerprint density at radius 1 is 1.00 bits per heavy atom. The number of hydrogen-bond acceptors (Lipinski definition) is 3. The molecule has 0 saturated carbocycles. The van der Waals surface area contributed by atoms with Gasteiger partial charge in [-0.25, -0.2) is 13.8 Å². The average molecular weight is 520 g/mol. The molecule has 0 fully saturated rings. The first-order valence-electron chi connectivity index (χ1n) is 12.8. The van der Waals surface area contributed by atoms with Crippen molar-refractivity contribution in [2.75, 3.05) is 26.7 Å². The Morgan fingerprint density at radius 2 is 1.66 bits per heavy atom. The Hall–Kier alpha value is -3.67. The van der Waals surface area contributed by atoms with Gasteiger partial charge in [0, 0.05) is 6.54 Å². The standard InChI is InChI=1S/C31H32F3N3O/c1-22(24-8-13-28(33)14-9-24)18-21-36(3)19-5-20-37-23(2)35-31(30(37)38,26-11-16-29(34)17-12-26)25-6-4-7-27(32)15-10-25/h4,6,8-17,22H,5,18-21H2,1-3H3. The number of hydrogen-bond donors (Lipinski definition) is 0. The van der Waals surface area contributed by atoms with Crippen LogP contribution in [0.5, 0.6) is 0 Å². The third-order valence-corrected chi connectivity index (χ3v) is 7.15. The molecule has 7 heteroatoms. The number of benzene rings is 2. The third kappa shape index (κ3) is 5.90. The highest BCUT2D eigenvalue weighted by Gasteiger charge is 2.50. The van der Waals surface area contributed by atoms with E-state index in [1.54, 1.807) is 30.0 Å². The van der Waals surface area contributed by atoms with Crippen molar-refractivity contribution in [1.82, 2.24) is 9.80 Å². The molecule has 4 rings (SSSR count). The smallest absolute Gasteiger partial charge is 0.265 e. The number of halogens is 3. The maximum Gasteiger partial charge on any atom is 0.265 e. The van der Waals surface area contributed by atoms with E-state index in [9.17, 15) is 18.0 Å². The normalized spacial score (nSPS) is 19.9. The Labute approximate surface area is 222 Å². The van der Waals surface area contributed by atoms with Gasteiger partial charge in [0.25, 0.3) is 5.91 Å². The molecule has 198 valence electrons. The van der Waals surface area contributed by atoms with E-state index in [1.807, 2.05) is 19.2 Å². The zero-order chi connectivity index (χ0) is 27.3. The first-order valence-corrected chi connectivity index (χ1v) is 12.8. The molecule has 38 heavy (non-hydrogen) atoms. The van der Waals surface area contributed by atoms with Crippen LogP contribution in [-0.2, 0) is 10.3 Å². The Bertz CT molecular complexity index is 1320. The summed E-state index contributed by atoms with van der Waals surface area (Å²) in [6.45, 7) is 6.02. The van der Waals surface area contributed by atoms with Crippen LogP contribution in [0.15, 0.2) is 95.0 Å². The first-order chi connectivity index (χ1) is 18.2. The fraction of sp³-hybridized carbons (Fsp3) is 0.323. The number of carbonyl (C=O) groups excluding carboxylic acids is 1. The molecule has 0 radical (unpaired) electrons. The lowest BCUT2D eigenvalue weighted by molar-refractivity contribution is -0.130. The van der Waals surface area contributed by atoms with Gasteiger partial charge in [0.05, 0.1) is 0 Å². The molecule has 1 aliphatic heterocycles. The zero-order valence-electron chi connectivity index (χ0n) is 21.9. The number of amidine groups is 1. The lowest BCUT2D eigenvalue weighted by Gasteiger charge is -2.28. The van der Waals surface area contributed by atoms with Gasteiger partial charge in [-0.3, -0.25) is 9.69 Å². The Morgan fingerprint density at radius 3 is 2.34 bits per heavy atom. The van der Waals surface area contributed by atoms with Crippen LogP contribution in [0.1, 0.15) is 43.7 Å². The van der Waals surface area contributed by atoms with Gasteiger partial charge in [-0.2, -0.15) is 4.39 Å². The number of allylic oxidation sites excluding steroid dienone is 3. The monoisotopic (exact) mass is 519 g/mol. The molecule has 1 heterocycles. The molecule has 1 amide bonds. The summed E-state index contributed by atoms with van der Waals surface area (Å²) in [5.74, 6) is -0.586. The minimum atomic E-state index is -1.42. The van der Waals surface area contributed by atoms with E-state index in [2.05, 4.69) is 17.6 Å². The van der Waals surface area contributed by atoms with Crippen molar-refractivity contribution in [2.45, 2.75) is 38.1 Å². The topological polar surface area (TPSA) is 35.9 Å². The van der Waals surface area contributed by atoms with Gasteiger partial charge < -0.3 is 4.90 Å². The highest BCUT2D eigenvalue weighted by molar-refractivity contribution is 6.10. The zero-order valence-corrected chi connectivity index (χ0v) is 21.9. The average Bonchev–Trinajstić information content (AvgIpc) is 3.02. The third-order valence-electron chi connectivity index (χ3n) is 7.15. The van der Waals surface area contributed by atoms with Gasteiger partial charge in [-0.1, -0.05) is 43.0 Å². The summed E-state index contributed by atoms with van der Waals surface area (Å²) in [7, 11) is 2.04. The van der Waals surface area contributed by atoms with Crippen molar-refractivity contribution in [3.63, 3.8) is 0 Å². The van der Waals surface area contributed by atoms with Gasteiger partial charge in [-0.15, -0.1) is 0 Å². The number of rotatable bonds is 10. The van der Waals surface area contributed by atoms with Gasteiger partial charge >= 0.3 is 0 Å². The quantitative estimate of drug-likeness (QED) is 0.339. The van der Waals surface area contributed by atoms with Crippen LogP contribution < -0.4 is 0 Å². The Balaban J connectivity index is 1.42. The van der Waals surface area contributed by atoms with Gasteiger partial charge in [-0.05, 0) is 105 Å². The van der Waals surface area contributed by atoms with Gasteiger partial charge in [0.2, 0.25) is 0 Å². The molecule has 2 aromatic carbocycles. The van der Waals surface area contributed by atoms with Crippen LogP contribution >= 0.6 is 0 Å². The number of aliphatic imine (C=N–C) groups is 1. The van der Waals surface area contributed by atoms with E-state index in [0.29, 0.717) is 29.4 Å². The second-order valence-corrected chi connectivity index (χ2v) is 9.85. The van der Waals surface area contributed by atoms with E-state index < -0.39 is 17.2 Å². The second kappa shape index (κ2) is 11.8. The molecule has 0 aromatic heterocycles. The van der Waals surface area contributed by atoms with Crippen molar-refractivity contribution in [2.24, 2.45) is 4.99 Å². The second-order valence-electron chi connectivity index (χ2n) is 9.85. The van der Waals surface area contributed by atoms with Crippen LogP contribution in [0.3, 0.4) is 0 Å². The SMILES string of the molecule is CC1=NC(C2=CC=C=C(F)C=C2)(c2ccc(F)cc2)C(=O)N1CCCN(C)CCC(C)c1ccc(F)cc1. The van der Waals surface area contributed by atoms with E-state index in [0.717, 1.165) is 31.5 Å². The van der Waals surface area contributed by atoms with Crippen LogP contribution in [0.25, 0.3) is 0 Å². The number of amides is 1. The first kappa shape index (κ1) is 27.4. The van der Waals surface area contributed by atoms with Crippen molar-refractivity contribution < 1.29 is 18.0 Å². The minimum Gasteiger partial charge on any atom is -0.306 e. The predicted octanol–water partition coefficient (Wildman–Crippen LogP) is 6.44. The molecule has 1 aliphatic carbocycles.